The Morgan fingerprint density at radius 3 is 2.67 bits per heavy atom. The molecule has 1 rings (SSSR count). The smallest absolute Gasteiger partial charge is 0.252 e. The third-order valence-corrected chi connectivity index (χ3v) is 6.65. The summed E-state index contributed by atoms with van der Waals surface area (Å²) < 4.78 is 32.3. The van der Waals surface area contributed by atoms with Gasteiger partial charge >= 0.3 is 0 Å². The summed E-state index contributed by atoms with van der Waals surface area (Å²) in [6, 6.07) is 3.49. The van der Waals surface area contributed by atoms with Crippen LogP contribution in [0.25, 0.3) is 0 Å². The van der Waals surface area contributed by atoms with E-state index in [0.29, 0.717) is 23.9 Å². The van der Waals surface area contributed by atoms with Gasteiger partial charge in [-0.05, 0) is 38.9 Å². The van der Waals surface area contributed by atoms with E-state index in [0.717, 1.165) is 17.8 Å². The van der Waals surface area contributed by atoms with Crippen molar-refractivity contribution in [2.45, 2.75) is 44.0 Å². The summed E-state index contributed by atoms with van der Waals surface area (Å²) in [4.78, 5) is 1.04. The van der Waals surface area contributed by atoms with Gasteiger partial charge in [0.2, 0.25) is 0 Å². The molecule has 21 heavy (non-hydrogen) atoms. The maximum Gasteiger partial charge on any atom is 0.252 e. The summed E-state index contributed by atoms with van der Waals surface area (Å²) >= 11 is 1.34. The zero-order valence-electron chi connectivity index (χ0n) is 13.3. The van der Waals surface area contributed by atoms with Crippen LogP contribution in [0.3, 0.4) is 0 Å². The molecule has 0 bridgehead atoms. The predicted octanol–water partition coefficient (Wildman–Crippen LogP) is 2.29. The normalized spacial score (nSPS) is 12.5. The van der Waals surface area contributed by atoms with Crippen LogP contribution >= 0.6 is 11.3 Å². The zero-order chi connectivity index (χ0) is 15.9. The second-order valence-electron chi connectivity index (χ2n) is 5.10. The molecule has 0 aliphatic heterocycles. The molecule has 0 atom stereocenters. The molecule has 0 aliphatic rings. The second-order valence-corrected chi connectivity index (χ2v) is 8.39. The molecular formula is C14H26N2O3S2. The van der Waals surface area contributed by atoms with E-state index in [-0.39, 0.29) is 6.04 Å². The van der Waals surface area contributed by atoms with E-state index in [1.54, 1.807) is 13.2 Å². The molecule has 1 aromatic heterocycles. The number of rotatable bonds is 10. The van der Waals surface area contributed by atoms with Crippen LogP contribution in [0.4, 0.5) is 0 Å². The first-order chi connectivity index (χ1) is 9.93. The highest BCUT2D eigenvalue weighted by molar-refractivity contribution is 7.91. The third kappa shape index (κ3) is 5.34. The monoisotopic (exact) mass is 334 g/mol. The molecule has 0 unspecified atom stereocenters. The minimum absolute atomic E-state index is 0.0890. The van der Waals surface area contributed by atoms with Crippen LogP contribution in [0.5, 0.6) is 0 Å². The van der Waals surface area contributed by atoms with Crippen LogP contribution in [0.15, 0.2) is 16.3 Å². The Hall–Kier alpha value is -0.470. The Labute approximate surface area is 132 Å². The lowest BCUT2D eigenvalue weighted by Crippen LogP contribution is -2.38. The molecule has 0 saturated heterocycles. The quantitative estimate of drug-likeness (QED) is 0.667. The lowest BCUT2D eigenvalue weighted by Gasteiger charge is -2.24. The molecule has 0 spiro atoms. The molecule has 1 aromatic rings. The highest BCUT2D eigenvalue weighted by Crippen LogP contribution is 2.26. The minimum Gasteiger partial charge on any atom is -0.383 e. The number of nitrogens with one attached hydrogen (secondary N) is 1. The summed E-state index contributed by atoms with van der Waals surface area (Å²) in [5, 5.41) is 3.28. The van der Waals surface area contributed by atoms with Crippen molar-refractivity contribution in [2.24, 2.45) is 0 Å². The molecule has 1 N–H and O–H groups in total. The van der Waals surface area contributed by atoms with Crippen molar-refractivity contribution in [1.29, 1.82) is 0 Å². The highest BCUT2D eigenvalue weighted by atomic mass is 32.2. The van der Waals surface area contributed by atoms with Crippen molar-refractivity contribution in [3.63, 3.8) is 0 Å². The fraction of sp³-hybridized carbons (Fsp3) is 0.714. The summed E-state index contributed by atoms with van der Waals surface area (Å²) in [5.41, 5.74) is 0. The van der Waals surface area contributed by atoms with Crippen molar-refractivity contribution in [2.75, 3.05) is 26.8 Å². The van der Waals surface area contributed by atoms with Gasteiger partial charge in [0.1, 0.15) is 4.21 Å². The molecule has 0 fully saturated rings. The summed E-state index contributed by atoms with van der Waals surface area (Å²) in [5.74, 6) is 0. The lowest BCUT2D eigenvalue weighted by atomic mass is 10.4. The first kappa shape index (κ1) is 18.6. The molecule has 5 nitrogen and oxygen atoms in total. The number of methoxy groups -OCH3 is 1. The van der Waals surface area contributed by atoms with Crippen molar-refractivity contribution in [3.05, 3.63) is 17.0 Å². The van der Waals surface area contributed by atoms with Gasteiger partial charge in [-0.25, -0.2) is 8.42 Å². The number of hydrogen-bond donors (Lipinski definition) is 1. The van der Waals surface area contributed by atoms with Crippen LogP contribution in [0.1, 0.15) is 32.1 Å². The minimum atomic E-state index is -3.44. The molecule has 0 amide bonds. The zero-order valence-corrected chi connectivity index (χ0v) is 14.9. The number of sulfonamides is 1. The van der Waals surface area contributed by atoms with Crippen LogP contribution in [-0.2, 0) is 21.3 Å². The van der Waals surface area contributed by atoms with Gasteiger partial charge in [-0.3, -0.25) is 0 Å². The maximum atomic E-state index is 12.7. The maximum absolute atomic E-state index is 12.7. The van der Waals surface area contributed by atoms with E-state index in [1.165, 1.54) is 15.6 Å². The third-order valence-electron chi connectivity index (χ3n) is 3.02. The molecule has 7 heteroatoms. The number of hydrogen-bond acceptors (Lipinski definition) is 5. The average Bonchev–Trinajstić information content (AvgIpc) is 2.88. The Morgan fingerprint density at radius 1 is 1.38 bits per heavy atom. The van der Waals surface area contributed by atoms with Gasteiger partial charge in [-0.2, -0.15) is 4.31 Å². The standard InChI is InChI=1S/C14H26N2O3S2/c1-5-8-15-11-13-6-7-14(20-13)21(17,18)16(12(2)3)9-10-19-4/h6-7,12,15H,5,8-11H2,1-4H3. The highest BCUT2D eigenvalue weighted by Gasteiger charge is 2.28. The molecule has 0 saturated carbocycles. The van der Waals surface area contributed by atoms with Crippen LogP contribution in [0.2, 0.25) is 0 Å². The van der Waals surface area contributed by atoms with Crippen LogP contribution in [-0.4, -0.2) is 45.6 Å². The van der Waals surface area contributed by atoms with Gasteiger partial charge in [0.25, 0.3) is 10.0 Å². The van der Waals surface area contributed by atoms with Gasteiger partial charge in [-0.15, -0.1) is 11.3 Å². The Bertz CT molecular complexity index is 512. The van der Waals surface area contributed by atoms with Crippen molar-refractivity contribution >= 4 is 21.4 Å². The first-order valence-electron chi connectivity index (χ1n) is 7.23. The molecule has 0 aliphatic carbocycles. The van der Waals surface area contributed by atoms with Crippen LogP contribution in [0, 0.1) is 0 Å². The van der Waals surface area contributed by atoms with Crippen molar-refractivity contribution in [3.8, 4) is 0 Å². The second kappa shape index (κ2) is 8.85. The topological polar surface area (TPSA) is 58.6 Å². The van der Waals surface area contributed by atoms with E-state index in [4.69, 9.17) is 4.74 Å². The number of ether oxygens (including phenoxy) is 1. The van der Waals surface area contributed by atoms with E-state index >= 15 is 0 Å². The van der Waals surface area contributed by atoms with Crippen molar-refractivity contribution < 1.29 is 13.2 Å². The predicted molar refractivity (Wildman–Crippen MR) is 87.2 cm³/mol. The Morgan fingerprint density at radius 2 is 2.10 bits per heavy atom. The molecule has 0 aromatic carbocycles. The van der Waals surface area contributed by atoms with E-state index in [9.17, 15) is 8.42 Å². The Kier molecular flexibility index (Phi) is 7.83. The average molecular weight is 335 g/mol. The summed E-state index contributed by atoms with van der Waals surface area (Å²) in [7, 11) is -1.86. The van der Waals surface area contributed by atoms with Crippen molar-refractivity contribution in [1.82, 2.24) is 9.62 Å². The van der Waals surface area contributed by atoms with Gasteiger partial charge < -0.3 is 10.1 Å². The molecule has 122 valence electrons. The SMILES string of the molecule is CCCNCc1ccc(S(=O)(=O)N(CCOC)C(C)C)s1. The largest absolute Gasteiger partial charge is 0.383 e. The van der Waals surface area contributed by atoms with Crippen LogP contribution < -0.4 is 5.32 Å². The van der Waals surface area contributed by atoms with Gasteiger partial charge in [0, 0.05) is 31.1 Å². The molecule has 0 radical (unpaired) electrons. The van der Waals surface area contributed by atoms with E-state index in [2.05, 4.69) is 12.2 Å². The van der Waals surface area contributed by atoms with Gasteiger partial charge in [0.15, 0.2) is 0 Å². The molecular weight excluding hydrogens is 308 g/mol. The van der Waals surface area contributed by atoms with E-state index < -0.39 is 10.0 Å². The number of nitrogens with zero attached hydrogens (tertiary/aromatic N) is 1. The van der Waals surface area contributed by atoms with Gasteiger partial charge in [-0.1, -0.05) is 6.92 Å². The van der Waals surface area contributed by atoms with E-state index in [1.807, 2.05) is 19.9 Å². The van der Waals surface area contributed by atoms with Gasteiger partial charge in [0.05, 0.1) is 6.61 Å². The molecule has 1 heterocycles. The fourth-order valence-corrected chi connectivity index (χ4v) is 5.01. The lowest BCUT2D eigenvalue weighted by molar-refractivity contribution is 0.171. The summed E-state index contributed by atoms with van der Waals surface area (Å²) in [6.07, 6.45) is 1.06. The Balaban J connectivity index is 2.84. The fourth-order valence-electron chi connectivity index (χ4n) is 1.93. The number of thiophene rings is 1. The summed E-state index contributed by atoms with van der Waals surface area (Å²) in [6.45, 7) is 8.29. The first-order valence-corrected chi connectivity index (χ1v) is 9.49.